The molecular weight excluding hydrogens is 1030 g/mol. The fraction of sp³-hybridized carbons (Fsp3) is 0. The Hall–Kier alpha value is -7.26. The van der Waals surface area contributed by atoms with Gasteiger partial charge in [-0.3, -0.25) is 0 Å². The van der Waals surface area contributed by atoms with Gasteiger partial charge in [-0.1, -0.05) is 0 Å². The third kappa shape index (κ3) is 15.0. The number of amides is 4. The molecule has 14 heteroatoms. The molecule has 64 heavy (non-hydrogen) atoms. The average molecular weight is 1070 g/mol. The molecule has 0 unspecified atom stereocenters. The van der Waals surface area contributed by atoms with Crippen LogP contribution < -0.4 is 40.3 Å². The number of rotatable bonds is 22. The van der Waals surface area contributed by atoms with E-state index in [2.05, 4.69) is 47.6 Å². The third-order valence-electron chi connectivity index (χ3n) is 8.28. The van der Waals surface area contributed by atoms with Crippen LogP contribution in [-0.2, 0) is 0 Å². The normalized spacial score (nSPS) is 11.0. The van der Waals surface area contributed by atoms with Crippen LogP contribution in [0.25, 0.3) is 0 Å². The summed E-state index contributed by atoms with van der Waals surface area (Å²) < 4.78 is 27.9. The number of carbonyl (C=O) groups excluding carboxylic acids is 4. The SMILES string of the molecule is C=CC=CNC(=O)c1ccc([O][Sb]([O]c2ccc(C(=O)NC=CC=C)cc2)[c]2cc[c]([Sb]([O]c3ccc(C(=O)NC=CC=C)cc3)[O]c3ccc(C(=O)NC=CC=C)cc3)cc2)cc1. The standard InChI is InChI=1S/4C11H11NO2.C6H4.2Sb/c4*1-2-3-8-12-11(14)9-4-6-10(13)7-5-9;1-2-4-6-5-3-1;;/h4*2-8,13H,1H2,(H,12,14);1-2,5-6H;;/q;;;;;2*+2/p-4. The van der Waals surface area contributed by atoms with Crippen LogP contribution >= 0.6 is 0 Å². The van der Waals surface area contributed by atoms with Crippen LogP contribution in [0.15, 0.2) is 221 Å². The minimum absolute atomic E-state index is 0.293. The van der Waals surface area contributed by atoms with E-state index in [1.807, 2.05) is 24.3 Å². The molecule has 4 amide bonds. The summed E-state index contributed by atoms with van der Waals surface area (Å²) in [5, 5.41) is 10.7. The molecule has 0 heterocycles. The molecule has 322 valence electrons. The predicted molar refractivity (Wildman–Crippen MR) is 253 cm³/mol. The van der Waals surface area contributed by atoms with Gasteiger partial charge in [-0.25, -0.2) is 0 Å². The van der Waals surface area contributed by atoms with E-state index in [4.69, 9.17) is 12.1 Å². The van der Waals surface area contributed by atoms with Gasteiger partial charge in [0.15, 0.2) is 0 Å². The molecule has 12 nitrogen and oxygen atoms in total. The third-order valence-corrected chi connectivity index (χ3v) is 16.7. The topological polar surface area (TPSA) is 153 Å². The summed E-state index contributed by atoms with van der Waals surface area (Å²) in [6.07, 6.45) is 18.7. The van der Waals surface area contributed by atoms with Crippen molar-refractivity contribution in [3.63, 3.8) is 0 Å². The van der Waals surface area contributed by atoms with Crippen molar-refractivity contribution in [2.24, 2.45) is 0 Å². The molecule has 0 aliphatic carbocycles. The monoisotopic (exact) mass is 1070 g/mol. The fourth-order valence-electron chi connectivity index (χ4n) is 5.10. The molecule has 0 bridgehead atoms. The number of allylic oxidation sites excluding steroid dienone is 8. The van der Waals surface area contributed by atoms with Crippen molar-refractivity contribution in [3.8, 4) is 23.0 Å². The summed E-state index contributed by atoms with van der Waals surface area (Å²) in [4.78, 5) is 50.4. The molecule has 0 saturated heterocycles. The number of hydrogen-bond acceptors (Lipinski definition) is 8. The first-order valence-corrected chi connectivity index (χ1v) is 26.1. The van der Waals surface area contributed by atoms with Crippen LogP contribution in [0.1, 0.15) is 41.4 Å². The van der Waals surface area contributed by atoms with Gasteiger partial charge in [0.2, 0.25) is 0 Å². The number of hydrogen-bond donors (Lipinski definition) is 4. The molecule has 0 radical (unpaired) electrons. The van der Waals surface area contributed by atoms with Crippen molar-refractivity contribution in [3.05, 3.63) is 243 Å². The zero-order chi connectivity index (χ0) is 45.5. The summed E-state index contributed by atoms with van der Waals surface area (Å²) in [6.45, 7) is 14.4. The van der Waals surface area contributed by atoms with Gasteiger partial charge >= 0.3 is 392 Å². The van der Waals surface area contributed by atoms with Gasteiger partial charge in [-0.05, 0) is 0 Å². The van der Waals surface area contributed by atoms with Crippen molar-refractivity contribution < 1.29 is 31.2 Å². The second kappa shape index (κ2) is 25.6. The van der Waals surface area contributed by atoms with E-state index >= 15 is 0 Å². The molecule has 0 aliphatic rings. The quantitative estimate of drug-likeness (QED) is 0.0423. The summed E-state index contributed by atoms with van der Waals surface area (Å²) in [6, 6.07) is 34.6. The Morgan fingerprint density at radius 1 is 0.344 bits per heavy atom. The van der Waals surface area contributed by atoms with E-state index in [1.165, 1.54) is 24.8 Å². The van der Waals surface area contributed by atoms with E-state index in [1.54, 1.807) is 146 Å². The van der Waals surface area contributed by atoms with Gasteiger partial charge in [0.1, 0.15) is 0 Å². The summed E-state index contributed by atoms with van der Waals surface area (Å²) in [5.41, 5.74) is 1.73. The molecule has 5 aromatic carbocycles. The molecule has 4 N–H and O–H groups in total. The molecular formula is C50H44N4O8Sb2. The van der Waals surface area contributed by atoms with Crippen LogP contribution in [0.5, 0.6) is 23.0 Å². The van der Waals surface area contributed by atoms with Crippen molar-refractivity contribution in [2.75, 3.05) is 0 Å². The Kier molecular flexibility index (Phi) is 19.1. The molecule has 0 aromatic heterocycles. The molecule has 5 aromatic rings. The van der Waals surface area contributed by atoms with Gasteiger partial charge in [-0.15, -0.1) is 0 Å². The van der Waals surface area contributed by atoms with Crippen LogP contribution in [0.4, 0.5) is 0 Å². The number of benzene rings is 5. The molecule has 0 atom stereocenters. The van der Waals surface area contributed by atoms with E-state index in [-0.39, 0.29) is 23.6 Å². The first-order chi connectivity index (χ1) is 31.2. The molecule has 0 fully saturated rings. The predicted octanol–water partition coefficient (Wildman–Crippen LogP) is 7.11. The zero-order valence-corrected chi connectivity index (χ0v) is 39.6. The Morgan fingerprint density at radius 3 is 0.734 bits per heavy atom. The van der Waals surface area contributed by atoms with Gasteiger partial charge in [0.25, 0.3) is 0 Å². The Morgan fingerprint density at radius 2 is 0.547 bits per heavy atom. The Balaban J connectivity index is 1.43. The van der Waals surface area contributed by atoms with Gasteiger partial charge < -0.3 is 0 Å². The van der Waals surface area contributed by atoms with Gasteiger partial charge in [0.05, 0.1) is 0 Å². The first kappa shape index (κ1) is 47.8. The summed E-state index contributed by atoms with van der Waals surface area (Å²) in [7, 11) is 0. The molecule has 0 aliphatic heterocycles. The van der Waals surface area contributed by atoms with Crippen LogP contribution in [-0.4, -0.2) is 65.7 Å². The Bertz CT molecular complexity index is 2200. The zero-order valence-electron chi connectivity index (χ0n) is 34.5. The Labute approximate surface area is 388 Å². The van der Waals surface area contributed by atoms with Crippen molar-refractivity contribution >= 4 is 72.7 Å². The van der Waals surface area contributed by atoms with E-state index in [9.17, 15) is 19.2 Å². The van der Waals surface area contributed by atoms with E-state index < -0.39 is 42.1 Å². The van der Waals surface area contributed by atoms with E-state index in [0.717, 1.165) is 7.02 Å². The van der Waals surface area contributed by atoms with Crippen molar-refractivity contribution in [2.45, 2.75) is 0 Å². The van der Waals surface area contributed by atoms with Gasteiger partial charge in [0, 0.05) is 0 Å². The summed E-state index contributed by atoms with van der Waals surface area (Å²) in [5.74, 6) is 0.829. The number of nitrogens with one attached hydrogen (secondary N) is 4. The van der Waals surface area contributed by atoms with Crippen molar-refractivity contribution in [1.29, 1.82) is 0 Å². The second-order valence-corrected chi connectivity index (χ2v) is 20.7. The maximum absolute atomic E-state index is 12.6. The fourth-order valence-corrected chi connectivity index (χ4v) is 12.3. The van der Waals surface area contributed by atoms with Gasteiger partial charge in [-0.2, -0.15) is 0 Å². The second-order valence-electron chi connectivity index (χ2n) is 12.8. The van der Waals surface area contributed by atoms with Crippen molar-refractivity contribution in [1.82, 2.24) is 21.3 Å². The van der Waals surface area contributed by atoms with Crippen LogP contribution in [0, 0.1) is 0 Å². The van der Waals surface area contributed by atoms with E-state index in [0.29, 0.717) is 45.3 Å². The summed E-state index contributed by atoms with van der Waals surface area (Å²) >= 11 is -6.80. The molecule has 0 saturated carbocycles. The maximum atomic E-state index is 12.6. The number of carbonyl (C=O) groups is 4. The average Bonchev–Trinajstić information content (AvgIpc) is 3.32. The van der Waals surface area contributed by atoms with Crippen LogP contribution in [0.2, 0.25) is 0 Å². The molecule has 0 spiro atoms. The molecule has 5 rings (SSSR count). The van der Waals surface area contributed by atoms with Crippen LogP contribution in [0.3, 0.4) is 0 Å². The first-order valence-electron chi connectivity index (χ1n) is 19.4. The minimum atomic E-state index is -3.40.